The Labute approximate surface area is 182 Å². The zero-order valence-electron chi connectivity index (χ0n) is 17.1. The van der Waals surface area contributed by atoms with Crippen LogP contribution in [-0.2, 0) is 16.7 Å². The molecule has 158 valence electrons. The van der Waals surface area contributed by atoms with Crippen molar-refractivity contribution in [2.24, 2.45) is 0 Å². The molecular weight excluding hydrogens is 418 g/mol. The van der Waals surface area contributed by atoms with Gasteiger partial charge in [-0.2, -0.15) is 9.40 Å². The number of aromatic nitrogens is 3. The Bertz CT molecular complexity index is 1180. The van der Waals surface area contributed by atoms with Crippen LogP contribution in [0.25, 0.3) is 5.69 Å². The average molecular weight is 444 g/mol. The van der Waals surface area contributed by atoms with E-state index in [2.05, 4.69) is 10.00 Å². The molecule has 7 nitrogen and oxygen atoms in total. The van der Waals surface area contributed by atoms with Crippen LogP contribution in [0, 0.1) is 18.6 Å². The Morgan fingerprint density at radius 1 is 0.933 bits per heavy atom. The van der Waals surface area contributed by atoms with Crippen LogP contribution < -0.4 is 0 Å². The van der Waals surface area contributed by atoms with E-state index in [-0.39, 0.29) is 0 Å². The molecule has 1 fully saturated rings. The van der Waals surface area contributed by atoms with Crippen LogP contribution in [-0.4, -0.2) is 58.1 Å². The fraction of sp³-hybridized carbons (Fsp3) is 0.333. The number of sulfonamides is 1. The Hall–Kier alpha value is -2.33. The highest BCUT2D eigenvalue weighted by Gasteiger charge is 2.28. The van der Waals surface area contributed by atoms with Crippen LogP contribution in [0.2, 0.25) is 0 Å². The summed E-state index contributed by atoms with van der Waals surface area (Å²) in [6.07, 6.45) is 0. The van der Waals surface area contributed by atoms with Crippen molar-refractivity contribution in [3.05, 3.63) is 70.8 Å². The Morgan fingerprint density at radius 2 is 1.57 bits per heavy atom. The molecule has 0 unspecified atom stereocenters. The third-order valence-electron chi connectivity index (χ3n) is 5.34. The van der Waals surface area contributed by atoms with E-state index >= 15 is 0 Å². The van der Waals surface area contributed by atoms with Gasteiger partial charge in [0, 0.05) is 31.9 Å². The second-order valence-corrected chi connectivity index (χ2v) is 9.78. The highest BCUT2D eigenvalue weighted by Crippen LogP contribution is 2.19. The van der Waals surface area contributed by atoms with E-state index in [4.69, 9.17) is 12.2 Å². The van der Waals surface area contributed by atoms with E-state index in [9.17, 15) is 8.42 Å². The van der Waals surface area contributed by atoms with E-state index in [1.807, 2.05) is 65.6 Å². The molecule has 1 saturated heterocycles. The fourth-order valence-corrected chi connectivity index (χ4v) is 5.40. The van der Waals surface area contributed by atoms with E-state index in [1.165, 1.54) is 0 Å². The second-order valence-electron chi connectivity index (χ2n) is 7.48. The SMILES string of the molecule is Cc1ccc(S(=O)(=O)N2CCN(Cn3nc(C)n(-c4ccccc4)c3=S)CC2)cc1. The lowest BCUT2D eigenvalue weighted by molar-refractivity contribution is 0.144. The van der Waals surface area contributed by atoms with Crippen LogP contribution in [0.4, 0.5) is 0 Å². The maximum atomic E-state index is 12.9. The number of nitrogens with zero attached hydrogens (tertiary/aromatic N) is 5. The second kappa shape index (κ2) is 8.43. The average Bonchev–Trinajstić information content (AvgIpc) is 3.02. The largest absolute Gasteiger partial charge is 0.282 e. The quantitative estimate of drug-likeness (QED) is 0.568. The molecular formula is C21H25N5O2S2. The van der Waals surface area contributed by atoms with Crippen LogP contribution in [0.15, 0.2) is 59.5 Å². The summed E-state index contributed by atoms with van der Waals surface area (Å²) in [6.45, 7) is 6.57. The van der Waals surface area contributed by atoms with Gasteiger partial charge in [0.1, 0.15) is 5.82 Å². The molecule has 3 aromatic rings. The summed E-state index contributed by atoms with van der Waals surface area (Å²) in [5.41, 5.74) is 2.03. The molecule has 0 radical (unpaired) electrons. The van der Waals surface area contributed by atoms with Crippen molar-refractivity contribution in [3.63, 3.8) is 0 Å². The van der Waals surface area contributed by atoms with Crippen molar-refractivity contribution in [1.82, 2.24) is 23.6 Å². The molecule has 1 aliphatic heterocycles. The first kappa shape index (κ1) is 20.9. The summed E-state index contributed by atoms with van der Waals surface area (Å²) < 4.78 is 31.7. The topological polar surface area (TPSA) is 63.4 Å². The summed E-state index contributed by atoms with van der Waals surface area (Å²) in [5, 5.41) is 4.61. The van der Waals surface area contributed by atoms with Crippen LogP contribution >= 0.6 is 12.2 Å². The summed E-state index contributed by atoms with van der Waals surface area (Å²) in [5.74, 6) is 0.826. The molecule has 1 aromatic heterocycles. The number of benzene rings is 2. The lowest BCUT2D eigenvalue weighted by Crippen LogP contribution is -2.48. The molecule has 0 aliphatic carbocycles. The van der Waals surface area contributed by atoms with Crippen molar-refractivity contribution < 1.29 is 8.42 Å². The standard InChI is InChI=1S/C21H25N5O2S2/c1-17-8-10-20(11-9-17)30(27,28)24-14-12-23(13-15-24)16-25-21(29)26(18(2)22-25)19-6-4-3-5-7-19/h3-11H,12-16H2,1-2H3. The first-order valence-corrected chi connectivity index (χ1v) is 11.7. The predicted octanol–water partition coefficient (Wildman–Crippen LogP) is 2.98. The zero-order valence-corrected chi connectivity index (χ0v) is 18.7. The number of hydrogen-bond acceptors (Lipinski definition) is 5. The number of aryl methyl sites for hydroxylation is 2. The van der Waals surface area contributed by atoms with E-state index in [0.29, 0.717) is 42.5 Å². The van der Waals surface area contributed by atoms with Gasteiger partial charge in [0.05, 0.1) is 11.6 Å². The molecule has 2 aromatic carbocycles. The van der Waals surface area contributed by atoms with Gasteiger partial charge in [-0.1, -0.05) is 35.9 Å². The van der Waals surface area contributed by atoms with Crippen molar-refractivity contribution in [2.75, 3.05) is 26.2 Å². The minimum Gasteiger partial charge on any atom is -0.282 e. The van der Waals surface area contributed by atoms with Gasteiger partial charge in [0.2, 0.25) is 14.8 Å². The maximum absolute atomic E-state index is 12.9. The maximum Gasteiger partial charge on any atom is 0.243 e. The van der Waals surface area contributed by atoms with Gasteiger partial charge in [-0.25, -0.2) is 13.1 Å². The normalized spacial score (nSPS) is 16.1. The van der Waals surface area contributed by atoms with Crippen molar-refractivity contribution in [3.8, 4) is 5.69 Å². The van der Waals surface area contributed by atoms with Gasteiger partial charge in [0.15, 0.2) is 0 Å². The molecule has 9 heteroatoms. The monoisotopic (exact) mass is 443 g/mol. The van der Waals surface area contributed by atoms with Crippen molar-refractivity contribution in [2.45, 2.75) is 25.4 Å². The Balaban J connectivity index is 1.45. The molecule has 30 heavy (non-hydrogen) atoms. The van der Waals surface area contributed by atoms with Crippen LogP contribution in [0.3, 0.4) is 0 Å². The first-order chi connectivity index (χ1) is 14.4. The van der Waals surface area contributed by atoms with Gasteiger partial charge in [-0.3, -0.25) is 9.47 Å². The molecule has 0 spiro atoms. The van der Waals surface area contributed by atoms with E-state index in [0.717, 1.165) is 17.1 Å². The Morgan fingerprint density at radius 3 is 2.20 bits per heavy atom. The number of piperazine rings is 1. The number of para-hydroxylation sites is 1. The van der Waals surface area contributed by atoms with Crippen molar-refractivity contribution >= 4 is 22.2 Å². The van der Waals surface area contributed by atoms with Gasteiger partial charge in [-0.15, -0.1) is 0 Å². The number of rotatable bonds is 5. The van der Waals surface area contributed by atoms with Gasteiger partial charge < -0.3 is 0 Å². The van der Waals surface area contributed by atoms with Gasteiger partial charge in [0.25, 0.3) is 0 Å². The molecule has 0 bridgehead atoms. The van der Waals surface area contributed by atoms with Crippen LogP contribution in [0.1, 0.15) is 11.4 Å². The summed E-state index contributed by atoms with van der Waals surface area (Å²) in [7, 11) is -3.46. The van der Waals surface area contributed by atoms with Gasteiger partial charge >= 0.3 is 0 Å². The fourth-order valence-electron chi connectivity index (χ4n) is 3.64. The molecule has 1 aliphatic rings. The van der Waals surface area contributed by atoms with Crippen molar-refractivity contribution in [1.29, 1.82) is 0 Å². The molecule has 0 atom stereocenters. The molecule has 2 heterocycles. The summed E-state index contributed by atoms with van der Waals surface area (Å²) >= 11 is 5.65. The van der Waals surface area contributed by atoms with E-state index in [1.54, 1.807) is 16.4 Å². The minimum absolute atomic E-state index is 0.348. The van der Waals surface area contributed by atoms with Gasteiger partial charge in [-0.05, 0) is 50.3 Å². The molecule has 0 amide bonds. The Kier molecular flexibility index (Phi) is 5.88. The molecule has 4 rings (SSSR count). The molecule has 0 saturated carbocycles. The lowest BCUT2D eigenvalue weighted by Gasteiger charge is -2.33. The zero-order chi connectivity index (χ0) is 21.3. The lowest BCUT2D eigenvalue weighted by atomic mass is 10.2. The highest BCUT2D eigenvalue weighted by atomic mass is 32.2. The summed E-state index contributed by atoms with van der Waals surface area (Å²) in [4.78, 5) is 2.53. The predicted molar refractivity (Wildman–Crippen MR) is 119 cm³/mol. The van der Waals surface area contributed by atoms with Crippen LogP contribution in [0.5, 0.6) is 0 Å². The smallest absolute Gasteiger partial charge is 0.243 e. The van der Waals surface area contributed by atoms with E-state index < -0.39 is 10.0 Å². The number of hydrogen-bond donors (Lipinski definition) is 0. The third kappa shape index (κ3) is 4.11. The third-order valence-corrected chi connectivity index (χ3v) is 7.65. The highest BCUT2D eigenvalue weighted by molar-refractivity contribution is 7.89. The molecule has 0 N–H and O–H groups in total. The first-order valence-electron chi connectivity index (χ1n) is 9.87. The summed E-state index contributed by atoms with van der Waals surface area (Å²) in [6, 6.07) is 16.9. The minimum atomic E-state index is -3.46.